The molecule has 3 heteroatoms. The van der Waals surface area contributed by atoms with E-state index in [1.165, 1.54) is 62.2 Å². The molecule has 0 atom stereocenters. The summed E-state index contributed by atoms with van der Waals surface area (Å²) in [4.78, 5) is 3.68. The molecule has 0 aliphatic heterocycles. The number of nitrogens with one attached hydrogen (secondary N) is 1. The highest BCUT2D eigenvalue weighted by molar-refractivity contribution is 7.26. The zero-order valence-electron chi connectivity index (χ0n) is 14.2. The molecule has 1 N–H and O–H groups in total. The van der Waals surface area contributed by atoms with E-state index in [0.717, 1.165) is 0 Å². The predicted molar refractivity (Wildman–Crippen MR) is 122 cm³/mol. The molecule has 0 spiro atoms. The molecule has 0 saturated heterocycles. The van der Waals surface area contributed by atoms with Crippen molar-refractivity contribution in [1.82, 2.24) is 4.98 Å². The molecule has 27 heavy (non-hydrogen) atoms. The standard InChI is InChI=1S/C24H13NS2/c1-3-7-17-13(5-1)21-19(26-17)11-9-15-23(21)24-16(25-15)10-12-20-22(24)14-6-2-4-8-18(14)27-20/h1-12,25H. The Morgan fingerprint density at radius 3 is 1.44 bits per heavy atom. The first-order chi connectivity index (χ1) is 13.4. The van der Waals surface area contributed by atoms with Crippen molar-refractivity contribution in [2.24, 2.45) is 0 Å². The highest BCUT2D eigenvalue weighted by Gasteiger charge is 2.17. The van der Waals surface area contributed by atoms with Crippen molar-refractivity contribution >= 4 is 84.8 Å². The summed E-state index contributed by atoms with van der Waals surface area (Å²) in [5.41, 5.74) is 2.45. The number of thiophene rings is 2. The monoisotopic (exact) mass is 379 g/mol. The van der Waals surface area contributed by atoms with Gasteiger partial charge in [0.1, 0.15) is 0 Å². The summed E-state index contributed by atoms with van der Waals surface area (Å²) in [5, 5.41) is 8.24. The molecule has 0 unspecified atom stereocenters. The Morgan fingerprint density at radius 1 is 0.444 bits per heavy atom. The molecule has 7 aromatic rings. The zero-order valence-corrected chi connectivity index (χ0v) is 15.9. The molecule has 0 aliphatic rings. The molecule has 0 aliphatic carbocycles. The van der Waals surface area contributed by atoms with Gasteiger partial charge in [0.25, 0.3) is 0 Å². The third-order valence-corrected chi connectivity index (χ3v) is 7.88. The van der Waals surface area contributed by atoms with Gasteiger partial charge < -0.3 is 4.98 Å². The molecule has 0 fully saturated rings. The van der Waals surface area contributed by atoms with Crippen LogP contribution < -0.4 is 0 Å². The number of H-pyrrole nitrogens is 1. The van der Waals surface area contributed by atoms with Crippen LogP contribution >= 0.6 is 22.7 Å². The number of aromatic nitrogens is 1. The van der Waals surface area contributed by atoms with Crippen LogP contribution in [0.25, 0.3) is 62.2 Å². The second kappa shape index (κ2) is 4.89. The van der Waals surface area contributed by atoms with Crippen molar-refractivity contribution in [3.05, 3.63) is 72.8 Å². The van der Waals surface area contributed by atoms with Crippen molar-refractivity contribution in [2.45, 2.75) is 0 Å². The summed E-state index contributed by atoms with van der Waals surface area (Å²) in [6.45, 7) is 0. The van der Waals surface area contributed by atoms with Crippen LogP contribution in [0.15, 0.2) is 72.8 Å². The van der Waals surface area contributed by atoms with Crippen LogP contribution in [0, 0.1) is 0 Å². The summed E-state index contributed by atoms with van der Waals surface area (Å²) in [6.07, 6.45) is 0. The Balaban J connectivity index is 1.87. The Bertz CT molecular complexity index is 1550. The lowest BCUT2D eigenvalue weighted by Crippen LogP contribution is -1.73. The van der Waals surface area contributed by atoms with Crippen molar-refractivity contribution in [3.8, 4) is 0 Å². The van der Waals surface area contributed by atoms with Gasteiger partial charge in [-0.05, 0) is 36.4 Å². The number of hydrogen-bond acceptors (Lipinski definition) is 2. The first kappa shape index (κ1) is 14.2. The highest BCUT2D eigenvalue weighted by atomic mass is 32.1. The van der Waals surface area contributed by atoms with Crippen LogP contribution in [0.2, 0.25) is 0 Å². The Kier molecular flexibility index (Phi) is 2.57. The second-order valence-electron chi connectivity index (χ2n) is 7.04. The first-order valence-electron chi connectivity index (χ1n) is 9.04. The molecule has 126 valence electrons. The molecule has 1 nitrogen and oxygen atoms in total. The van der Waals surface area contributed by atoms with Crippen molar-refractivity contribution < 1.29 is 0 Å². The maximum Gasteiger partial charge on any atom is 0.0472 e. The number of fused-ring (bicyclic) bond motifs is 11. The predicted octanol–water partition coefficient (Wildman–Crippen LogP) is 8.06. The lowest BCUT2D eigenvalue weighted by Gasteiger charge is -1.99. The van der Waals surface area contributed by atoms with Gasteiger partial charge in [-0.3, -0.25) is 0 Å². The van der Waals surface area contributed by atoms with Gasteiger partial charge in [-0.2, -0.15) is 0 Å². The molecule has 4 aromatic carbocycles. The van der Waals surface area contributed by atoms with E-state index in [-0.39, 0.29) is 0 Å². The zero-order chi connectivity index (χ0) is 17.5. The van der Waals surface area contributed by atoms with E-state index < -0.39 is 0 Å². The number of hydrogen-bond donors (Lipinski definition) is 1. The van der Waals surface area contributed by atoms with Gasteiger partial charge in [-0.1, -0.05) is 36.4 Å². The van der Waals surface area contributed by atoms with E-state index in [1.807, 2.05) is 22.7 Å². The first-order valence-corrected chi connectivity index (χ1v) is 10.7. The average molecular weight is 380 g/mol. The Hall–Kier alpha value is -2.88. The SMILES string of the molecule is c1ccc2c(c1)sc1ccc3[nH]c4ccc5sc6ccccc6c5c4c3c12. The van der Waals surface area contributed by atoms with Crippen LogP contribution in [0.4, 0.5) is 0 Å². The van der Waals surface area contributed by atoms with Gasteiger partial charge in [0.2, 0.25) is 0 Å². The van der Waals surface area contributed by atoms with Gasteiger partial charge in [-0.15, -0.1) is 22.7 Å². The van der Waals surface area contributed by atoms with E-state index in [0.29, 0.717) is 0 Å². The summed E-state index contributed by atoms with van der Waals surface area (Å²) in [7, 11) is 0. The van der Waals surface area contributed by atoms with Gasteiger partial charge in [-0.25, -0.2) is 0 Å². The molecule has 0 bridgehead atoms. The summed E-state index contributed by atoms with van der Waals surface area (Å²) in [5.74, 6) is 0. The van der Waals surface area contributed by atoms with E-state index in [9.17, 15) is 0 Å². The van der Waals surface area contributed by atoms with E-state index in [1.54, 1.807) is 0 Å². The molecule has 7 rings (SSSR count). The molecular formula is C24H13NS2. The molecule has 0 radical (unpaired) electrons. The summed E-state index contributed by atoms with van der Waals surface area (Å²) >= 11 is 3.78. The topological polar surface area (TPSA) is 15.8 Å². The quantitative estimate of drug-likeness (QED) is 0.274. The average Bonchev–Trinajstić information content (AvgIpc) is 3.37. The summed E-state index contributed by atoms with van der Waals surface area (Å²) < 4.78 is 5.44. The largest absolute Gasteiger partial charge is 0.354 e. The fourth-order valence-corrected chi connectivity index (χ4v) is 6.73. The smallest absolute Gasteiger partial charge is 0.0472 e. The Morgan fingerprint density at radius 2 is 0.926 bits per heavy atom. The van der Waals surface area contributed by atoms with Crippen LogP contribution in [-0.2, 0) is 0 Å². The minimum absolute atomic E-state index is 1.23. The lowest BCUT2D eigenvalue weighted by atomic mass is 10.0. The third kappa shape index (κ3) is 1.73. The normalized spacial score (nSPS) is 12.4. The third-order valence-electron chi connectivity index (χ3n) is 5.61. The molecular weight excluding hydrogens is 366 g/mol. The lowest BCUT2D eigenvalue weighted by molar-refractivity contribution is 1.56. The highest BCUT2D eigenvalue weighted by Crippen LogP contribution is 2.45. The maximum absolute atomic E-state index is 3.68. The van der Waals surface area contributed by atoms with Crippen molar-refractivity contribution in [1.29, 1.82) is 0 Å². The van der Waals surface area contributed by atoms with Crippen LogP contribution in [0.3, 0.4) is 0 Å². The van der Waals surface area contributed by atoms with Crippen LogP contribution in [-0.4, -0.2) is 4.98 Å². The van der Waals surface area contributed by atoms with Gasteiger partial charge >= 0.3 is 0 Å². The Labute approximate surface area is 162 Å². The van der Waals surface area contributed by atoms with Gasteiger partial charge in [0.15, 0.2) is 0 Å². The minimum Gasteiger partial charge on any atom is -0.354 e. The van der Waals surface area contributed by atoms with Gasteiger partial charge in [0.05, 0.1) is 0 Å². The van der Waals surface area contributed by atoms with Crippen LogP contribution in [0.1, 0.15) is 0 Å². The summed E-state index contributed by atoms with van der Waals surface area (Å²) in [6, 6.07) is 26.6. The molecule has 3 aromatic heterocycles. The van der Waals surface area contributed by atoms with Crippen molar-refractivity contribution in [3.63, 3.8) is 0 Å². The minimum atomic E-state index is 1.23. The van der Waals surface area contributed by atoms with Crippen LogP contribution in [0.5, 0.6) is 0 Å². The fraction of sp³-hybridized carbons (Fsp3) is 0. The van der Waals surface area contributed by atoms with E-state index in [4.69, 9.17) is 0 Å². The molecule has 0 amide bonds. The number of benzene rings is 4. The van der Waals surface area contributed by atoms with E-state index in [2.05, 4.69) is 77.8 Å². The fourth-order valence-electron chi connectivity index (χ4n) is 4.51. The molecule has 3 heterocycles. The number of rotatable bonds is 0. The van der Waals surface area contributed by atoms with E-state index >= 15 is 0 Å². The van der Waals surface area contributed by atoms with Gasteiger partial charge in [0, 0.05) is 62.2 Å². The number of aromatic amines is 1. The maximum atomic E-state index is 3.68. The van der Waals surface area contributed by atoms with Crippen molar-refractivity contribution in [2.75, 3.05) is 0 Å². The molecule has 0 saturated carbocycles. The second-order valence-corrected chi connectivity index (χ2v) is 9.21.